The van der Waals surface area contributed by atoms with Gasteiger partial charge < -0.3 is 11.1 Å². The van der Waals surface area contributed by atoms with Crippen LogP contribution < -0.4 is 11.1 Å². The molecule has 0 aromatic heterocycles. The number of carbonyl (C=O) groups excluding carboxylic acids is 1. The van der Waals surface area contributed by atoms with Gasteiger partial charge in [0.05, 0.1) is 5.02 Å². The molecule has 0 aliphatic heterocycles. The van der Waals surface area contributed by atoms with Crippen molar-refractivity contribution in [1.82, 2.24) is 0 Å². The van der Waals surface area contributed by atoms with E-state index in [2.05, 4.69) is 5.32 Å². The summed E-state index contributed by atoms with van der Waals surface area (Å²) in [4.78, 5) is 12.0. The molecule has 0 radical (unpaired) electrons. The molecular weight excluding hydrogens is 255 g/mol. The van der Waals surface area contributed by atoms with Gasteiger partial charge in [0, 0.05) is 17.6 Å². The lowest BCUT2D eigenvalue weighted by atomic mass is 9.85. The van der Waals surface area contributed by atoms with Crippen LogP contribution in [0.4, 0.5) is 10.1 Å². The van der Waals surface area contributed by atoms with E-state index in [0.717, 1.165) is 19.3 Å². The molecule has 2 atom stereocenters. The topological polar surface area (TPSA) is 55.1 Å². The maximum Gasteiger partial charge on any atom is 0.227 e. The first-order valence-corrected chi connectivity index (χ1v) is 6.45. The van der Waals surface area contributed by atoms with Gasteiger partial charge in [0.15, 0.2) is 0 Å². The molecule has 3 N–H and O–H groups in total. The van der Waals surface area contributed by atoms with Gasteiger partial charge in [-0.2, -0.15) is 0 Å². The Bertz CT molecular complexity index is 453. The SMILES string of the molecule is NC1CCCC(C(=O)Nc2ccc(Cl)c(F)c2)C1. The minimum atomic E-state index is -0.533. The third-order valence-corrected chi connectivity index (χ3v) is 3.58. The van der Waals surface area contributed by atoms with Crippen LogP contribution in [-0.4, -0.2) is 11.9 Å². The Morgan fingerprint density at radius 2 is 2.22 bits per heavy atom. The second-order valence-corrected chi connectivity index (χ2v) is 5.15. The summed E-state index contributed by atoms with van der Waals surface area (Å²) in [6, 6.07) is 4.34. The molecule has 1 amide bonds. The Morgan fingerprint density at radius 3 is 2.89 bits per heavy atom. The maximum absolute atomic E-state index is 13.2. The van der Waals surface area contributed by atoms with Crippen molar-refractivity contribution >= 4 is 23.2 Å². The monoisotopic (exact) mass is 270 g/mol. The number of hydrogen-bond donors (Lipinski definition) is 2. The summed E-state index contributed by atoms with van der Waals surface area (Å²) in [6.45, 7) is 0. The van der Waals surface area contributed by atoms with Gasteiger partial charge in [0.25, 0.3) is 0 Å². The van der Waals surface area contributed by atoms with Crippen molar-refractivity contribution < 1.29 is 9.18 Å². The molecule has 0 saturated heterocycles. The van der Waals surface area contributed by atoms with Crippen LogP contribution in [0.5, 0.6) is 0 Å². The average Bonchev–Trinajstić information content (AvgIpc) is 2.34. The van der Waals surface area contributed by atoms with E-state index in [0.29, 0.717) is 12.1 Å². The molecule has 98 valence electrons. The molecule has 1 aliphatic rings. The van der Waals surface area contributed by atoms with Crippen molar-refractivity contribution in [1.29, 1.82) is 0 Å². The number of amides is 1. The molecule has 1 aromatic rings. The van der Waals surface area contributed by atoms with Crippen LogP contribution in [0.2, 0.25) is 5.02 Å². The van der Waals surface area contributed by atoms with Crippen LogP contribution in [0.1, 0.15) is 25.7 Å². The Balaban J connectivity index is 2.00. The van der Waals surface area contributed by atoms with Crippen molar-refractivity contribution in [2.75, 3.05) is 5.32 Å². The zero-order valence-corrected chi connectivity index (χ0v) is 10.7. The summed E-state index contributed by atoms with van der Waals surface area (Å²) >= 11 is 5.58. The van der Waals surface area contributed by atoms with E-state index in [-0.39, 0.29) is 22.9 Å². The Hall–Kier alpha value is -1.13. The molecule has 2 unspecified atom stereocenters. The number of hydrogen-bond acceptors (Lipinski definition) is 2. The predicted octanol–water partition coefficient (Wildman–Crippen LogP) is 2.94. The third kappa shape index (κ3) is 3.21. The van der Waals surface area contributed by atoms with Crippen molar-refractivity contribution in [2.24, 2.45) is 11.7 Å². The first kappa shape index (κ1) is 13.3. The normalized spacial score (nSPS) is 23.7. The van der Waals surface area contributed by atoms with Gasteiger partial charge in [0.1, 0.15) is 5.82 Å². The minimum absolute atomic E-state index is 0.0488. The Morgan fingerprint density at radius 1 is 1.44 bits per heavy atom. The number of halogens is 2. The van der Waals surface area contributed by atoms with Crippen LogP contribution >= 0.6 is 11.6 Å². The van der Waals surface area contributed by atoms with E-state index in [1.54, 1.807) is 6.07 Å². The van der Waals surface area contributed by atoms with Crippen LogP contribution in [0.15, 0.2) is 18.2 Å². The maximum atomic E-state index is 13.2. The van der Waals surface area contributed by atoms with Crippen molar-refractivity contribution in [3.05, 3.63) is 29.0 Å². The first-order valence-electron chi connectivity index (χ1n) is 6.08. The standard InChI is InChI=1S/C13H16ClFN2O/c14-11-5-4-10(7-12(11)15)17-13(18)8-2-1-3-9(16)6-8/h4-5,7-9H,1-3,6,16H2,(H,17,18). The summed E-state index contributed by atoms with van der Waals surface area (Å²) in [5.41, 5.74) is 6.27. The molecular formula is C13H16ClFN2O. The molecule has 2 rings (SSSR count). The molecule has 18 heavy (non-hydrogen) atoms. The molecule has 1 saturated carbocycles. The molecule has 1 fully saturated rings. The van der Waals surface area contributed by atoms with Crippen molar-refractivity contribution in [3.8, 4) is 0 Å². The molecule has 0 bridgehead atoms. The van der Waals surface area contributed by atoms with Gasteiger partial charge in [-0.15, -0.1) is 0 Å². The van der Waals surface area contributed by atoms with Gasteiger partial charge in [-0.3, -0.25) is 4.79 Å². The van der Waals surface area contributed by atoms with Gasteiger partial charge in [0.2, 0.25) is 5.91 Å². The van der Waals surface area contributed by atoms with E-state index in [1.165, 1.54) is 12.1 Å². The summed E-state index contributed by atoms with van der Waals surface area (Å²) in [5, 5.41) is 2.76. The zero-order valence-electron chi connectivity index (χ0n) is 9.96. The van der Waals surface area contributed by atoms with Gasteiger partial charge >= 0.3 is 0 Å². The molecule has 0 heterocycles. The Labute approximate surface area is 111 Å². The van der Waals surface area contributed by atoms with Gasteiger partial charge in [-0.05, 0) is 37.5 Å². The molecule has 1 aromatic carbocycles. The second kappa shape index (κ2) is 5.67. The fraction of sp³-hybridized carbons (Fsp3) is 0.462. The predicted molar refractivity (Wildman–Crippen MR) is 70.0 cm³/mol. The molecule has 5 heteroatoms. The van der Waals surface area contributed by atoms with Crippen LogP contribution in [0.3, 0.4) is 0 Å². The van der Waals surface area contributed by atoms with Crippen LogP contribution in [0, 0.1) is 11.7 Å². The number of nitrogens with two attached hydrogens (primary N) is 1. The number of carbonyl (C=O) groups is 1. The summed E-state index contributed by atoms with van der Waals surface area (Å²) in [5.74, 6) is -0.700. The largest absolute Gasteiger partial charge is 0.328 e. The highest BCUT2D eigenvalue weighted by atomic mass is 35.5. The highest BCUT2D eigenvalue weighted by Crippen LogP contribution is 2.25. The van der Waals surface area contributed by atoms with Crippen LogP contribution in [0.25, 0.3) is 0 Å². The molecule has 3 nitrogen and oxygen atoms in total. The second-order valence-electron chi connectivity index (χ2n) is 4.74. The minimum Gasteiger partial charge on any atom is -0.328 e. The fourth-order valence-corrected chi connectivity index (χ4v) is 2.40. The van der Waals surface area contributed by atoms with Gasteiger partial charge in [-0.1, -0.05) is 18.0 Å². The third-order valence-electron chi connectivity index (χ3n) is 3.27. The van der Waals surface area contributed by atoms with E-state index < -0.39 is 5.82 Å². The van der Waals surface area contributed by atoms with Gasteiger partial charge in [-0.25, -0.2) is 4.39 Å². The van der Waals surface area contributed by atoms with E-state index in [1.807, 2.05) is 0 Å². The van der Waals surface area contributed by atoms with Crippen molar-refractivity contribution in [3.63, 3.8) is 0 Å². The van der Waals surface area contributed by atoms with E-state index in [9.17, 15) is 9.18 Å². The van der Waals surface area contributed by atoms with E-state index in [4.69, 9.17) is 17.3 Å². The lowest BCUT2D eigenvalue weighted by molar-refractivity contribution is -0.120. The Kier molecular flexibility index (Phi) is 4.19. The van der Waals surface area contributed by atoms with Crippen LogP contribution in [-0.2, 0) is 4.79 Å². The number of nitrogens with one attached hydrogen (secondary N) is 1. The number of rotatable bonds is 2. The van der Waals surface area contributed by atoms with E-state index >= 15 is 0 Å². The zero-order chi connectivity index (χ0) is 13.1. The number of anilines is 1. The molecule has 1 aliphatic carbocycles. The smallest absolute Gasteiger partial charge is 0.227 e. The average molecular weight is 271 g/mol. The fourth-order valence-electron chi connectivity index (χ4n) is 2.28. The summed E-state index contributed by atoms with van der Waals surface area (Å²) in [6.07, 6.45) is 3.48. The highest BCUT2D eigenvalue weighted by Gasteiger charge is 2.25. The van der Waals surface area contributed by atoms with Crippen molar-refractivity contribution in [2.45, 2.75) is 31.7 Å². The first-order chi connectivity index (χ1) is 8.56. The lowest BCUT2D eigenvalue weighted by Crippen LogP contribution is -2.34. The summed E-state index contributed by atoms with van der Waals surface area (Å²) in [7, 11) is 0. The lowest BCUT2D eigenvalue weighted by Gasteiger charge is -2.25. The quantitative estimate of drug-likeness (QED) is 0.868. The number of benzene rings is 1. The highest BCUT2D eigenvalue weighted by molar-refractivity contribution is 6.30. The molecule has 0 spiro atoms. The summed E-state index contributed by atoms with van der Waals surface area (Å²) < 4.78 is 13.2.